The summed E-state index contributed by atoms with van der Waals surface area (Å²) in [4.78, 5) is 0. The van der Waals surface area contributed by atoms with Gasteiger partial charge in [0.1, 0.15) is 23.8 Å². The normalized spacial score (nSPS) is 11.2. The smallest absolute Gasteiger partial charge is 0.212 e. The molecular weight excluding hydrogens is 514 g/mol. The van der Waals surface area contributed by atoms with Crippen LogP contribution in [0.25, 0.3) is 22.0 Å². The second-order valence-corrected chi connectivity index (χ2v) is 8.52. The Hall–Kier alpha value is -2.32. The first-order chi connectivity index (χ1) is 14.5. The van der Waals surface area contributed by atoms with Crippen LogP contribution >= 0.6 is 31.9 Å². The lowest BCUT2D eigenvalue weighted by molar-refractivity contribution is 0.259. The number of rotatable bonds is 7. The molecule has 30 heavy (non-hydrogen) atoms. The molecule has 0 aliphatic rings. The van der Waals surface area contributed by atoms with E-state index in [9.17, 15) is 0 Å². The fourth-order valence-corrected chi connectivity index (χ4v) is 4.38. The number of halogens is 2. The Balaban J connectivity index is 1.53. The van der Waals surface area contributed by atoms with Gasteiger partial charge < -0.3 is 14.0 Å². The number of aryl methyl sites for hydroxylation is 2. The van der Waals surface area contributed by atoms with Crippen LogP contribution in [0, 0.1) is 13.8 Å². The lowest BCUT2D eigenvalue weighted by Gasteiger charge is -2.12. The lowest BCUT2D eigenvalue weighted by Crippen LogP contribution is -2.12. The molecule has 0 aliphatic heterocycles. The largest absolute Gasteiger partial charge is 0.490 e. The minimum Gasteiger partial charge on any atom is -0.490 e. The molecule has 0 spiro atoms. The molecule has 0 atom stereocenters. The van der Waals surface area contributed by atoms with Gasteiger partial charge in [0.05, 0.1) is 28.9 Å². The molecule has 0 radical (unpaired) electrons. The van der Waals surface area contributed by atoms with Gasteiger partial charge in [-0.25, -0.2) is 4.68 Å². The summed E-state index contributed by atoms with van der Waals surface area (Å²) in [6, 6.07) is 12.1. The van der Waals surface area contributed by atoms with Crippen molar-refractivity contribution in [2.24, 2.45) is 0 Å². The minimum atomic E-state index is 0.448. The number of nitrogens with zero attached hydrogens (tertiary/aromatic N) is 3. The molecule has 8 heteroatoms. The number of benzene rings is 2. The zero-order chi connectivity index (χ0) is 21.3. The Morgan fingerprint density at radius 2 is 1.90 bits per heavy atom. The van der Waals surface area contributed by atoms with Gasteiger partial charge in [0.15, 0.2) is 0 Å². The molecule has 0 fully saturated rings. The van der Waals surface area contributed by atoms with Crippen molar-refractivity contribution in [1.82, 2.24) is 14.9 Å². The summed E-state index contributed by atoms with van der Waals surface area (Å²) in [7, 11) is 0. The Morgan fingerprint density at radius 1 is 1.07 bits per heavy atom. The third kappa shape index (κ3) is 4.11. The van der Waals surface area contributed by atoms with E-state index in [1.54, 1.807) is 0 Å². The maximum Gasteiger partial charge on any atom is 0.212 e. The zero-order valence-electron chi connectivity index (χ0n) is 16.9. The van der Waals surface area contributed by atoms with Gasteiger partial charge in [-0.1, -0.05) is 33.2 Å². The molecule has 0 aliphatic carbocycles. The second kappa shape index (κ2) is 8.81. The van der Waals surface area contributed by atoms with Crippen LogP contribution in [0.15, 0.2) is 49.9 Å². The van der Waals surface area contributed by atoms with E-state index in [-0.39, 0.29) is 0 Å². The summed E-state index contributed by atoms with van der Waals surface area (Å²) in [6.07, 6.45) is 0. The molecule has 2 aromatic heterocycles. The molecule has 0 saturated carbocycles. The van der Waals surface area contributed by atoms with Crippen LogP contribution < -0.4 is 9.47 Å². The summed E-state index contributed by atoms with van der Waals surface area (Å²) in [6.45, 7) is 7.29. The Kier molecular flexibility index (Phi) is 6.15. The summed E-state index contributed by atoms with van der Waals surface area (Å²) in [5, 5.41) is 11.0. The predicted octanol–water partition coefficient (Wildman–Crippen LogP) is 6.31. The first-order valence-corrected chi connectivity index (χ1v) is 11.2. The van der Waals surface area contributed by atoms with E-state index in [0.29, 0.717) is 25.6 Å². The van der Waals surface area contributed by atoms with Crippen LogP contribution in [-0.4, -0.2) is 28.2 Å². The number of ether oxygens (including phenoxy) is 2. The molecular formula is C22H21Br2N3O3. The van der Waals surface area contributed by atoms with Gasteiger partial charge in [-0.3, -0.25) is 0 Å². The van der Waals surface area contributed by atoms with E-state index in [0.717, 1.165) is 48.2 Å². The monoisotopic (exact) mass is 533 g/mol. The van der Waals surface area contributed by atoms with Crippen molar-refractivity contribution < 1.29 is 14.0 Å². The van der Waals surface area contributed by atoms with Crippen LogP contribution in [0.3, 0.4) is 0 Å². The molecule has 4 aromatic rings. The Bertz CT molecular complexity index is 1180. The topological polar surface area (TPSA) is 62.3 Å². The second-order valence-electron chi connectivity index (χ2n) is 6.81. The molecule has 4 rings (SSSR count). The highest BCUT2D eigenvalue weighted by Crippen LogP contribution is 2.34. The molecule has 0 amide bonds. The highest BCUT2D eigenvalue weighted by atomic mass is 79.9. The van der Waals surface area contributed by atoms with Crippen LogP contribution in [0.1, 0.15) is 18.4 Å². The molecule has 2 aromatic carbocycles. The van der Waals surface area contributed by atoms with Crippen molar-refractivity contribution in [2.45, 2.75) is 27.3 Å². The van der Waals surface area contributed by atoms with Crippen LogP contribution in [0.4, 0.5) is 0 Å². The number of fused-ring (bicyclic) bond motifs is 1. The number of aromatic nitrogens is 3. The van der Waals surface area contributed by atoms with E-state index in [4.69, 9.17) is 19.1 Å². The standard InChI is InChI=1S/C22H21Br2N3O3/c1-4-28-20-12-18(21-13(2)26-30-14(21)3)25-27(20)9-10-29-19-8-5-15-11-16(23)6-7-17(15)22(19)24/h5-8,11-12H,4,9-10H2,1-3H3. The molecule has 156 valence electrons. The van der Waals surface area contributed by atoms with E-state index < -0.39 is 0 Å². The van der Waals surface area contributed by atoms with Gasteiger partial charge in [-0.2, -0.15) is 5.10 Å². The first-order valence-electron chi connectivity index (χ1n) is 9.62. The van der Waals surface area contributed by atoms with E-state index in [2.05, 4.69) is 55.2 Å². The number of hydrogen-bond acceptors (Lipinski definition) is 5. The average Bonchev–Trinajstić information content (AvgIpc) is 3.26. The van der Waals surface area contributed by atoms with E-state index in [1.165, 1.54) is 0 Å². The third-order valence-corrected chi connectivity index (χ3v) is 6.08. The lowest BCUT2D eigenvalue weighted by atomic mass is 10.1. The van der Waals surface area contributed by atoms with Crippen molar-refractivity contribution in [1.29, 1.82) is 0 Å². The fraction of sp³-hybridized carbons (Fsp3) is 0.273. The van der Waals surface area contributed by atoms with Crippen molar-refractivity contribution in [3.8, 4) is 22.9 Å². The van der Waals surface area contributed by atoms with E-state index in [1.807, 2.05) is 43.7 Å². The van der Waals surface area contributed by atoms with Crippen molar-refractivity contribution in [3.05, 3.63) is 56.8 Å². The van der Waals surface area contributed by atoms with Crippen molar-refractivity contribution >= 4 is 42.6 Å². The Labute approximate surface area is 191 Å². The molecule has 2 heterocycles. The summed E-state index contributed by atoms with van der Waals surface area (Å²) in [5.41, 5.74) is 2.49. The summed E-state index contributed by atoms with van der Waals surface area (Å²) < 4.78 is 20.9. The maximum absolute atomic E-state index is 6.05. The average molecular weight is 535 g/mol. The van der Waals surface area contributed by atoms with Gasteiger partial charge in [0.2, 0.25) is 5.88 Å². The van der Waals surface area contributed by atoms with Crippen molar-refractivity contribution in [3.63, 3.8) is 0 Å². The highest BCUT2D eigenvalue weighted by molar-refractivity contribution is 9.11. The third-order valence-electron chi connectivity index (χ3n) is 4.77. The zero-order valence-corrected chi connectivity index (χ0v) is 20.1. The molecule has 0 unspecified atom stereocenters. The maximum atomic E-state index is 6.05. The van der Waals surface area contributed by atoms with Crippen molar-refractivity contribution in [2.75, 3.05) is 13.2 Å². The fourth-order valence-electron chi connectivity index (χ4n) is 3.39. The summed E-state index contributed by atoms with van der Waals surface area (Å²) in [5.74, 6) is 2.22. The van der Waals surface area contributed by atoms with Crippen LogP contribution in [0.2, 0.25) is 0 Å². The van der Waals surface area contributed by atoms with Gasteiger partial charge in [-0.05, 0) is 65.7 Å². The minimum absolute atomic E-state index is 0.448. The predicted molar refractivity (Wildman–Crippen MR) is 123 cm³/mol. The van der Waals surface area contributed by atoms with Crippen LogP contribution in [0.5, 0.6) is 11.6 Å². The molecule has 0 saturated heterocycles. The van der Waals surface area contributed by atoms with Gasteiger partial charge in [0, 0.05) is 10.5 Å². The highest BCUT2D eigenvalue weighted by Gasteiger charge is 2.18. The molecule has 6 nitrogen and oxygen atoms in total. The quantitative estimate of drug-likeness (QED) is 0.278. The van der Waals surface area contributed by atoms with Gasteiger partial charge >= 0.3 is 0 Å². The number of hydrogen-bond donors (Lipinski definition) is 0. The van der Waals surface area contributed by atoms with Gasteiger partial charge in [0.25, 0.3) is 0 Å². The molecule has 0 N–H and O–H groups in total. The molecule has 0 bridgehead atoms. The summed E-state index contributed by atoms with van der Waals surface area (Å²) >= 11 is 7.18. The first kappa shape index (κ1) is 20.9. The SMILES string of the molecule is CCOc1cc(-c2c(C)noc2C)nn1CCOc1ccc2cc(Br)ccc2c1Br. The van der Waals surface area contributed by atoms with Crippen LogP contribution in [-0.2, 0) is 6.54 Å². The Morgan fingerprint density at radius 3 is 2.63 bits per heavy atom. The van der Waals surface area contributed by atoms with E-state index >= 15 is 0 Å². The van der Waals surface area contributed by atoms with Gasteiger partial charge in [-0.15, -0.1) is 0 Å².